The minimum atomic E-state index is 0. The summed E-state index contributed by atoms with van der Waals surface area (Å²) in [4.78, 5) is 4.23. The second kappa shape index (κ2) is 10.6. The van der Waals surface area contributed by atoms with Gasteiger partial charge >= 0.3 is 0 Å². The number of benzene rings is 2. The summed E-state index contributed by atoms with van der Waals surface area (Å²) in [6.07, 6.45) is 2.10. The van der Waals surface area contributed by atoms with Crippen LogP contribution in [0.15, 0.2) is 41.4 Å². The summed E-state index contributed by atoms with van der Waals surface area (Å²) in [6.45, 7) is 1.67. The van der Waals surface area contributed by atoms with E-state index in [4.69, 9.17) is 4.74 Å². The van der Waals surface area contributed by atoms with Gasteiger partial charge in [-0.3, -0.25) is 4.99 Å². The highest BCUT2D eigenvalue weighted by Gasteiger charge is 2.01. The molecule has 0 bridgehead atoms. The molecule has 0 radical (unpaired) electrons. The van der Waals surface area contributed by atoms with Crippen LogP contribution in [0, 0.1) is 0 Å². The molecule has 2 N–H and O–H groups in total. The largest absolute Gasteiger partial charge is 0.497 e. The van der Waals surface area contributed by atoms with Crippen LogP contribution >= 0.6 is 35.7 Å². The van der Waals surface area contributed by atoms with Crippen LogP contribution in [0.25, 0.3) is 10.8 Å². The number of aliphatic imine (C=N–C) groups is 1. The SMILES string of the molecule is CN=C(NCCSC)NCc1ccc2cc(OC)ccc2c1.I. The normalized spacial score (nSPS) is 11.0. The summed E-state index contributed by atoms with van der Waals surface area (Å²) in [5, 5.41) is 9.03. The quantitative estimate of drug-likeness (QED) is 0.309. The molecule has 6 heteroatoms. The molecule has 0 unspecified atom stereocenters. The summed E-state index contributed by atoms with van der Waals surface area (Å²) >= 11 is 1.82. The topological polar surface area (TPSA) is 45.7 Å². The van der Waals surface area contributed by atoms with Crippen LogP contribution in [0.5, 0.6) is 5.75 Å². The molecular weight excluding hydrogens is 421 g/mol. The Morgan fingerprint density at radius 1 is 1.13 bits per heavy atom. The van der Waals surface area contributed by atoms with Crippen molar-refractivity contribution in [3.05, 3.63) is 42.0 Å². The van der Waals surface area contributed by atoms with Crippen LogP contribution in [-0.4, -0.2) is 38.7 Å². The Kier molecular flexibility index (Phi) is 9.16. The van der Waals surface area contributed by atoms with Gasteiger partial charge in [0, 0.05) is 25.9 Å². The van der Waals surface area contributed by atoms with E-state index in [0.29, 0.717) is 0 Å². The van der Waals surface area contributed by atoms with E-state index in [1.807, 2.05) is 17.8 Å². The van der Waals surface area contributed by atoms with E-state index in [0.717, 1.165) is 30.6 Å². The Morgan fingerprint density at radius 3 is 2.57 bits per heavy atom. The lowest BCUT2D eigenvalue weighted by Crippen LogP contribution is -2.37. The first-order valence-corrected chi connectivity index (χ1v) is 8.66. The average Bonchev–Trinajstić information content (AvgIpc) is 2.57. The molecule has 2 rings (SSSR count). The van der Waals surface area contributed by atoms with Crippen molar-refractivity contribution in [2.75, 3.05) is 32.7 Å². The van der Waals surface area contributed by atoms with E-state index in [9.17, 15) is 0 Å². The second-order valence-electron chi connectivity index (χ2n) is 4.89. The lowest BCUT2D eigenvalue weighted by molar-refractivity contribution is 0.415. The molecule has 0 heterocycles. The lowest BCUT2D eigenvalue weighted by Gasteiger charge is -2.12. The third-order valence-corrected chi connectivity index (χ3v) is 4.01. The third-order valence-electron chi connectivity index (χ3n) is 3.39. The first kappa shape index (κ1) is 19.9. The molecule has 0 fully saturated rings. The van der Waals surface area contributed by atoms with E-state index in [1.165, 1.54) is 16.3 Å². The number of fused-ring (bicyclic) bond motifs is 1. The van der Waals surface area contributed by atoms with Gasteiger partial charge in [-0.1, -0.05) is 18.2 Å². The van der Waals surface area contributed by atoms with Gasteiger partial charge in [-0.05, 0) is 40.8 Å². The lowest BCUT2D eigenvalue weighted by atomic mass is 10.1. The third kappa shape index (κ3) is 6.10. The summed E-state index contributed by atoms with van der Waals surface area (Å²) in [6, 6.07) is 12.6. The molecule has 126 valence electrons. The predicted molar refractivity (Wildman–Crippen MR) is 112 cm³/mol. The fraction of sp³-hybridized carbons (Fsp3) is 0.353. The highest BCUT2D eigenvalue weighted by molar-refractivity contribution is 14.0. The zero-order valence-electron chi connectivity index (χ0n) is 13.8. The second-order valence-corrected chi connectivity index (χ2v) is 5.88. The van der Waals surface area contributed by atoms with Crippen LogP contribution in [-0.2, 0) is 6.54 Å². The van der Waals surface area contributed by atoms with Gasteiger partial charge in [0.2, 0.25) is 0 Å². The van der Waals surface area contributed by atoms with Crippen LogP contribution in [0.3, 0.4) is 0 Å². The van der Waals surface area contributed by atoms with E-state index >= 15 is 0 Å². The fourth-order valence-electron chi connectivity index (χ4n) is 2.19. The van der Waals surface area contributed by atoms with E-state index < -0.39 is 0 Å². The monoisotopic (exact) mass is 445 g/mol. The summed E-state index contributed by atoms with van der Waals surface area (Å²) in [5.74, 6) is 2.79. The number of methoxy groups -OCH3 is 1. The number of nitrogens with one attached hydrogen (secondary N) is 2. The van der Waals surface area contributed by atoms with Crippen molar-refractivity contribution in [2.24, 2.45) is 4.99 Å². The molecule has 0 aliphatic rings. The van der Waals surface area contributed by atoms with Crippen LogP contribution in [0.4, 0.5) is 0 Å². The number of hydrogen-bond acceptors (Lipinski definition) is 3. The van der Waals surface area contributed by atoms with Gasteiger partial charge in [0.25, 0.3) is 0 Å². The zero-order chi connectivity index (χ0) is 15.8. The molecule has 4 nitrogen and oxygen atoms in total. The Bertz CT molecular complexity index is 649. The van der Waals surface area contributed by atoms with Gasteiger partial charge in [0.1, 0.15) is 5.75 Å². The molecule has 0 spiro atoms. The number of nitrogens with zero attached hydrogens (tertiary/aromatic N) is 1. The van der Waals surface area contributed by atoms with Crippen molar-refractivity contribution in [3.63, 3.8) is 0 Å². The average molecular weight is 445 g/mol. The minimum absolute atomic E-state index is 0. The van der Waals surface area contributed by atoms with Crippen LogP contribution in [0.1, 0.15) is 5.56 Å². The predicted octanol–water partition coefficient (Wildman–Crippen LogP) is 3.49. The standard InChI is InChI=1S/C17H23N3OS.HI/c1-18-17(19-8-9-22-3)20-12-13-4-5-15-11-16(21-2)7-6-14(15)10-13;/h4-7,10-11H,8-9,12H2,1-3H3,(H2,18,19,20);1H. The summed E-state index contributed by atoms with van der Waals surface area (Å²) < 4.78 is 5.25. The van der Waals surface area contributed by atoms with Crippen LogP contribution in [0.2, 0.25) is 0 Å². The van der Waals surface area contributed by atoms with Crippen LogP contribution < -0.4 is 15.4 Å². The molecule has 23 heavy (non-hydrogen) atoms. The minimum Gasteiger partial charge on any atom is -0.497 e. The molecule has 0 aliphatic heterocycles. The maximum atomic E-state index is 5.25. The van der Waals surface area contributed by atoms with Gasteiger partial charge in [-0.2, -0.15) is 11.8 Å². The molecule has 0 saturated carbocycles. The van der Waals surface area contributed by atoms with Gasteiger partial charge in [-0.25, -0.2) is 0 Å². The highest BCUT2D eigenvalue weighted by atomic mass is 127. The zero-order valence-corrected chi connectivity index (χ0v) is 16.9. The number of halogens is 1. The molecule has 2 aromatic carbocycles. The van der Waals surface area contributed by atoms with E-state index in [2.05, 4.69) is 52.2 Å². The number of rotatable bonds is 6. The molecule has 0 aromatic heterocycles. The molecule has 0 atom stereocenters. The number of guanidine groups is 1. The smallest absolute Gasteiger partial charge is 0.191 e. The Balaban J connectivity index is 0.00000264. The first-order valence-electron chi connectivity index (χ1n) is 7.27. The van der Waals surface area contributed by atoms with Crippen molar-refractivity contribution in [2.45, 2.75) is 6.54 Å². The van der Waals surface area contributed by atoms with Crippen molar-refractivity contribution in [1.29, 1.82) is 0 Å². The number of hydrogen-bond donors (Lipinski definition) is 2. The maximum Gasteiger partial charge on any atom is 0.191 e. The summed E-state index contributed by atoms with van der Waals surface area (Å²) in [7, 11) is 3.48. The van der Waals surface area contributed by atoms with E-state index in [1.54, 1.807) is 14.2 Å². The van der Waals surface area contributed by atoms with E-state index in [-0.39, 0.29) is 24.0 Å². The van der Waals surface area contributed by atoms with Crippen molar-refractivity contribution < 1.29 is 4.74 Å². The molecular formula is C17H24IN3OS. The Hall–Kier alpha value is -1.15. The van der Waals surface area contributed by atoms with Crippen molar-refractivity contribution in [1.82, 2.24) is 10.6 Å². The molecule has 2 aromatic rings. The molecule has 0 amide bonds. The number of thioether (sulfide) groups is 1. The van der Waals surface area contributed by atoms with Crippen molar-refractivity contribution >= 4 is 52.5 Å². The van der Waals surface area contributed by atoms with Gasteiger partial charge in [0.05, 0.1) is 7.11 Å². The van der Waals surface area contributed by atoms with Gasteiger partial charge in [-0.15, -0.1) is 24.0 Å². The number of ether oxygens (including phenoxy) is 1. The fourth-order valence-corrected chi connectivity index (χ4v) is 2.49. The first-order chi connectivity index (χ1) is 10.8. The molecule has 0 aliphatic carbocycles. The van der Waals surface area contributed by atoms with Crippen molar-refractivity contribution in [3.8, 4) is 5.75 Å². The highest BCUT2D eigenvalue weighted by Crippen LogP contribution is 2.21. The molecule has 0 saturated heterocycles. The Morgan fingerprint density at radius 2 is 1.87 bits per heavy atom. The summed E-state index contributed by atoms with van der Waals surface area (Å²) in [5.41, 5.74) is 1.23. The maximum absolute atomic E-state index is 5.25. The van der Waals surface area contributed by atoms with Gasteiger partial charge < -0.3 is 15.4 Å². The van der Waals surface area contributed by atoms with Gasteiger partial charge in [0.15, 0.2) is 5.96 Å². The Labute approximate surface area is 159 Å².